The molecule has 2 aliphatic rings. The Kier molecular flexibility index (Phi) is 6.08. The molecule has 0 bridgehead atoms. The van der Waals surface area contributed by atoms with Gasteiger partial charge in [-0.15, -0.1) is 11.6 Å². The van der Waals surface area contributed by atoms with Crippen LogP contribution in [0.5, 0.6) is 0 Å². The topological polar surface area (TPSA) is 49.4 Å². The van der Waals surface area contributed by atoms with E-state index in [1.165, 1.54) is 0 Å². The molecule has 162 valence electrons. The number of alkyl halides is 1. The number of anilines is 1. The fourth-order valence-electron chi connectivity index (χ4n) is 5.22. The molecule has 1 spiro atoms. The second kappa shape index (κ2) is 8.50. The van der Waals surface area contributed by atoms with E-state index in [2.05, 4.69) is 11.9 Å². The maximum absolute atomic E-state index is 13.8. The van der Waals surface area contributed by atoms with Crippen LogP contribution in [0.15, 0.2) is 54.6 Å². The number of hydrogen-bond acceptors (Lipinski definition) is 2. The van der Waals surface area contributed by atoms with Crippen LogP contribution in [0.4, 0.5) is 5.69 Å². The van der Waals surface area contributed by atoms with Gasteiger partial charge >= 0.3 is 0 Å². The SMILES string of the molecule is C=C(C)C1N(CCCCl)C(=O)CC(c2cccc(Cl)c2)C12C(=O)Nc1cc(Cl)ccc12. The molecular weight excluding hydrogens is 455 g/mol. The molecule has 1 fully saturated rings. The molecule has 0 aliphatic carbocycles. The first-order valence-electron chi connectivity index (χ1n) is 10.2. The van der Waals surface area contributed by atoms with Gasteiger partial charge in [0.25, 0.3) is 0 Å². The van der Waals surface area contributed by atoms with Crippen molar-refractivity contribution in [3.05, 3.63) is 75.8 Å². The van der Waals surface area contributed by atoms with Gasteiger partial charge in [0.2, 0.25) is 11.8 Å². The molecule has 0 saturated carbocycles. The number of hydrogen-bond donors (Lipinski definition) is 1. The van der Waals surface area contributed by atoms with Crippen LogP contribution in [0.2, 0.25) is 10.0 Å². The van der Waals surface area contributed by atoms with Crippen molar-refractivity contribution in [1.82, 2.24) is 4.90 Å². The highest BCUT2D eigenvalue weighted by atomic mass is 35.5. The standard InChI is InChI=1S/C24H23Cl3N2O2/c1-14(2)22-24(18-8-7-17(27)12-20(18)28-23(24)31)19(15-5-3-6-16(26)11-15)13-21(30)29(22)10-4-9-25/h3,5-8,11-12,19,22H,1,4,9-10,13H2,2H3,(H,28,31). The normalized spacial score (nSPS) is 25.0. The minimum atomic E-state index is -1.04. The highest BCUT2D eigenvalue weighted by Gasteiger charge is 2.62. The molecule has 0 radical (unpaired) electrons. The van der Waals surface area contributed by atoms with Crippen LogP contribution in [0.3, 0.4) is 0 Å². The van der Waals surface area contributed by atoms with Gasteiger partial charge in [0.15, 0.2) is 0 Å². The lowest BCUT2D eigenvalue weighted by Gasteiger charge is -2.51. The Balaban J connectivity index is 2.00. The second-order valence-corrected chi connectivity index (χ2v) is 9.45. The Hall–Kier alpha value is -2.01. The first kappa shape index (κ1) is 22.2. The number of fused-ring (bicyclic) bond motifs is 2. The van der Waals surface area contributed by atoms with Crippen LogP contribution in [-0.4, -0.2) is 35.2 Å². The molecule has 4 rings (SSSR count). The highest BCUT2D eigenvalue weighted by molar-refractivity contribution is 6.31. The van der Waals surface area contributed by atoms with Crippen LogP contribution >= 0.6 is 34.8 Å². The summed E-state index contributed by atoms with van der Waals surface area (Å²) in [4.78, 5) is 29.0. The summed E-state index contributed by atoms with van der Waals surface area (Å²) in [7, 11) is 0. The third-order valence-electron chi connectivity index (χ3n) is 6.29. The predicted molar refractivity (Wildman–Crippen MR) is 126 cm³/mol. The average molecular weight is 478 g/mol. The largest absolute Gasteiger partial charge is 0.334 e. The minimum Gasteiger partial charge on any atom is -0.334 e. The summed E-state index contributed by atoms with van der Waals surface area (Å²) in [5.41, 5.74) is 2.04. The summed E-state index contributed by atoms with van der Waals surface area (Å²) in [6, 6.07) is 12.3. The van der Waals surface area contributed by atoms with E-state index in [9.17, 15) is 9.59 Å². The monoisotopic (exact) mass is 476 g/mol. The first-order chi connectivity index (χ1) is 14.8. The minimum absolute atomic E-state index is 0.0241. The van der Waals surface area contributed by atoms with Crippen molar-refractivity contribution >= 4 is 52.3 Å². The molecule has 3 atom stereocenters. The summed E-state index contributed by atoms with van der Waals surface area (Å²) in [6.07, 6.45) is 0.811. The van der Waals surface area contributed by atoms with E-state index in [4.69, 9.17) is 34.8 Å². The fourth-order valence-corrected chi connectivity index (χ4v) is 5.71. The van der Waals surface area contributed by atoms with E-state index in [-0.39, 0.29) is 18.2 Å². The smallest absolute Gasteiger partial charge is 0.238 e. The van der Waals surface area contributed by atoms with Gasteiger partial charge in [0, 0.05) is 40.5 Å². The molecule has 2 aliphatic heterocycles. The molecule has 2 heterocycles. The summed E-state index contributed by atoms with van der Waals surface area (Å²) >= 11 is 18.5. The number of likely N-dealkylation sites (tertiary alicyclic amines) is 1. The van der Waals surface area contributed by atoms with Gasteiger partial charge in [-0.3, -0.25) is 9.59 Å². The zero-order valence-electron chi connectivity index (χ0n) is 17.1. The zero-order valence-corrected chi connectivity index (χ0v) is 19.4. The molecule has 4 nitrogen and oxygen atoms in total. The van der Waals surface area contributed by atoms with Crippen LogP contribution in [0.25, 0.3) is 0 Å². The summed E-state index contributed by atoms with van der Waals surface area (Å²) in [5, 5.41) is 4.12. The average Bonchev–Trinajstić information content (AvgIpc) is 2.99. The van der Waals surface area contributed by atoms with Crippen molar-refractivity contribution in [2.24, 2.45) is 0 Å². The zero-order chi connectivity index (χ0) is 22.3. The van der Waals surface area contributed by atoms with Gasteiger partial charge in [-0.2, -0.15) is 0 Å². The number of carbonyl (C=O) groups excluding carboxylic acids is 2. The Morgan fingerprint density at radius 1 is 1.19 bits per heavy atom. The fraction of sp³-hybridized carbons (Fsp3) is 0.333. The molecular formula is C24H23Cl3N2O2. The van der Waals surface area contributed by atoms with Crippen molar-refractivity contribution in [3.63, 3.8) is 0 Å². The van der Waals surface area contributed by atoms with Crippen LogP contribution in [0, 0.1) is 0 Å². The number of carbonyl (C=O) groups is 2. The van der Waals surface area contributed by atoms with Gasteiger partial charge in [0.1, 0.15) is 5.41 Å². The Morgan fingerprint density at radius 3 is 2.61 bits per heavy atom. The summed E-state index contributed by atoms with van der Waals surface area (Å²) in [6.45, 7) is 6.53. The molecule has 2 amide bonds. The third-order valence-corrected chi connectivity index (χ3v) is 7.03. The van der Waals surface area contributed by atoms with Gasteiger partial charge < -0.3 is 10.2 Å². The molecule has 31 heavy (non-hydrogen) atoms. The van der Waals surface area contributed by atoms with Crippen LogP contribution in [-0.2, 0) is 15.0 Å². The van der Waals surface area contributed by atoms with Gasteiger partial charge in [-0.25, -0.2) is 0 Å². The number of nitrogens with zero attached hydrogens (tertiary/aromatic N) is 1. The van der Waals surface area contributed by atoms with E-state index in [1.807, 2.05) is 31.2 Å². The number of piperidine rings is 1. The van der Waals surface area contributed by atoms with Crippen molar-refractivity contribution in [1.29, 1.82) is 0 Å². The van der Waals surface area contributed by atoms with E-state index in [0.29, 0.717) is 34.6 Å². The van der Waals surface area contributed by atoms with Crippen molar-refractivity contribution in [3.8, 4) is 0 Å². The van der Waals surface area contributed by atoms with Crippen molar-refractivity contribution < 1.29 is 9.59 Å². The molecule has 3 unspecified atom stereocenters. The maximum atomic E-state index is 13.8. The van der Waals surface area contributed by atoms with Crippen LogP contribution in [0.1, 0.15) is 36.8 Å². The van der Waals surface area contributed by atoms with Crippen LogP contribution < -0.4 is 5.32 Å². The summed E-state index contributed by atoms with van der Waals surface area (Å²) in [5.74, 6) is -0.166. The number of rotatable bonds is 5. The van der Waals surface area contributed by atoms with Gasteiger partial charge in [0.05, 0.1) is 6.04 Å². The number of benzene rings is 2. The lowest BCUT2D eigenvalue weighted by molar-refractivity contribution is -0.143. The lowest BCUT2D eigenvalue weighted by Crippen LogP contribution is -2.63. The quantitative estimate of drug-likeness (QED) is 0.439. The Bertz CT molecular complexity index is 1070. The first-order valence-corrected chi connectivity index (χ1v) is 11.5. The number of amides is 2. The Labute approximate surface area is 197 Å². The predicted octanol–water partition coefficient (Wildman–Crippen LogP) is 5.77. The third kappa shape index (κ3) is 3.55. The van der Waals surface area contributed by atoms with E-state index < -0.39 is 17.4 Å². The summed E-state index contributed by atoms with van der Waals surface area (Å²) < 4.78 is 0. The van der Waals surface area contributed by atoms with E-state index in [0.717, 1.165) is 16.7 Å². The lowest BCUT2D eigenvalue weighted by atomic mass is 9.58. The molecule has 7 heteroatoms. The molecule has 1 saturated heterocycles. The van der Waals surface area contributed by atoms with Crippen molar-refractivity contribution in [2.75, 3.05) is 17.7 Å². The molecule has 0 aromatic heterocycles. The van der Waals surface area contributed by atoms with Gasteiger partial charge in [-0.05, 0) is 48.7 Å². The Morgan fingerprint density at radius 2 is 1.94 bits per heavy atom. The maximum Gasteiger partial charge on any atom is 0.238 e. The number of nitrogens with one attached hydrogen (secondary N) is 1. The van der Waals surface area contributed by atoms with E-state index >= 15 is 0 Å². The molecule has 1 N–H and O–H groups in total. The second-order valence-electron chi connectivity index (χ2n) is 8.20. The van der Waals surface area contributed by atoms with Gasteiger partial charge in [-0.1, -0.05) is 53.6 Å². The highest BCUT2D eigenvalue weighted by Crippen LogP contribution is 2.56. The molecule has 2 aromatic rings. The van der Waals surface area contributed by atoms with Crippen molar-refractivity contribution in [2.45, 2.75) is 37.1 Å². The number of halogens is 3. The van der Waals surface area contributed by atoms with E-state index in [1.54, 1.807) is 23.1 Å². The molecule has 2 aromatic carbocycles.